The first-order chi connectivity index (χ1) is 8.65. The summed E-state index contributed by atoms with van der Waals surface area (Å²) < 4.78 is 0. The summed E-state index contributed by atoms with van der Waals surface area (Å²) in [4.78, 5) is 2.42. The van der Waals surface area contributed by atoms with Crippen LogP contribution < -0.4 is 0 Å². The molecule has 0 amide bonds. The van der Waals surface area contributed by atoms with Crippen molar-refractivity contribution >= 4 is 0 Å². The number of unbranched alkanes of at least 4 members (excludes halogenated alkanes) is 2. The molecule has 0 aliphatic rings. The molecule has 0 aromatic rings. The third-order valence-electron chi connectivity index (χ3n) is 3.19. The van der Waals surface area contributed by atoms with E-state index in [2.05, 4.69) is 44.9 Å². The lowest BCUT2D eigenvalue weighted by Crippen LogP contribution is -2.23. The Morgan fingerprint density at radius 3 is 2.28 bits per heavy atom. The first-order valence-electron chi connectivity index (χ1n) is 7.37. The number of nitrogens with zero attached hydrogens (tertiary/aromatic N) is 1. The third-order valence-corrected chi connectivity index (χ3v) is 3.19. The maximum Gasteiger partial charge on any atom is 0.0174 e. The second kappa shape index (κ2) is 11.1. The highest BCUT2D eigenvalue weighted by Crippen LogP contribution is 2.12. The molecule has 0 unspecified atom stereocenters. The molecule has 0 spiro atoms. The van der Waals surface area contributed by atoms with Crippen LogP contribution in [0.2, 0.25) is 0 Å². The van der Waals surface area contributed by atoms with Crippen LogP contribution in [-0.4, -0.2) is 18.0 Å². The lowest BCUT2D eigenvalue weighted by molar-refractivity contribution is 0.331. The molecule has 0 atom stereocenters. The second-order valence-corrected chi connectivity index (χ2v) is 4.92. The van der Waals surface area contributed by atoms with Crippen molar-refractivity contribution in [3.05, 3.63) is 36.6 Å². The van der Waals surface area contributed by atoms with Crippen molar-refractivity contribution in [1.29, 1.82) is 0 Å². The van der Waals surface area contributed by atoms with Gasteiger partial charge in [0.05, 0.1) is 0 Å². The average Bonchev–Trinajstić information content (AvgIpc) is 2.36. The topological polar surface area (TPSA) is 3.24 Å². The molecule has 1 nitrogen and oxygen atoms in total. The van der Waals surface area contributed by atoms with E-state index in [1.54, 1.807) is 0 Å². The molecular formula is C17H31N. The molecule has 0 aliphatic heterocycles. The molecular weight excluding hydrogens is 218 g/mol. The van der Waals surface area contributed by atoms with Crippen LogP contribution in [0.4, 0.5) is 0 Å². The van der Waals surface area contributed by atoms with Crippen LogP contribution in [0.15, 0.2) is 36.6 Å². The summed E-state index contributed by atoms with van der Waals surface area (Å²) >= 11 is 0. The van der Waals surface area contributed by atoms with Crippen molar-refractivity contribution in [1.82, 2.24) is 4.90 Å². The van der Waals surface area contributed by atoms with Gasteiger partial charge in [-0.2, -0.15) is 0 Å². The highest BCUT2D eigenvalue weighted by atomic mass is 15.1. The Kier molecular flexibility index (Phi) is 10.5. The largest absolute Gasteiger partial charge is 0.376 e. The molecule has 0 saturated carbocycles. The van der Waals surface area contributed by atoms with Crippen LogP contribution >= 0.6 is 0 Å². The van der Waals surface area contributed by atoms with E-state index in [0.29, 0.717) is 0 Å². The van der Waals surface area contributed by atoms with Gasteiger partial charge in [0.25, 0.3) is 0 Å². The summed E-state index contributed by atoms with van der Waals surface area (Å²) in [5.41, 5.74) is 2.60. The summed E-state index contributed by atoms with van der Waals surface area (Å²) in [6.07, 6.45) is 11.5. The van der Waals surface area contributed by atoms with Gasteiger partial charge < -0.3 is 4.90 Å². The van der Waals surface area contributed by atoms with E-state index in [0.717, 1.165) is 25.9 Å². The summed E-state index contributed by atoms with van der Waals surface area (Å²) in [5, 5.41) is 0. The van der Waals surface area contributed by atoms with Gasteiger partial charge in [-0.05, 0) is 39.0 Å². The number of rotatable bonds is 11. The first kappa shape index (κ1) is 17.0. The van der Waals surface area contributed by atoms with Crippen molar-refractivity contribution in [2.45, 2.75) is 59.3 Å². The van der Waals surface area contributed by atoms with Crippen LogP contribution in [0, 0.1) is 0 Å². The Hall–Kier alpha value is -0.980. The Labute approximate surface area is 114 Å². The van der Waals surface area contributed by atoms with Gasteiger partial charge in [0.15, 0.2) is 0 Å². The van der Waals surface area contributed by atoms with Gasteiger partial charge in [-0.15, -0.1) is 0 Å². The minimum absolute atomic E-state index is 1.11. The molecule has 0 bridgehead atoms. The van der Waals surface area contributed by atoms with Crippen LogP contribution in [0.5, 0.6) is 0 Å². The van der Waals surface area contributed by atoms with Crippen LogP contribution in [-0.2, 0) is 0 Å². The minimum Gasteiger partial charge on any atom is -0.376 e. The van der Waals surface area contributed by atoms with Gasteiger partial charge >= 0.3 is 0 Å². The fraction of sp³-hybridized carbons (Fsp3) is 0.647. The van der Waals surface area contributed by atoms with Crippen molar-refractivity contribution in [3.8, 4) is 0 Å². The van der Waals surface area contributed by atoms with E-state index >= 15 is 0 Å². The van der Waals surface area contributed by atoms with Crippen molar-refractivity contribution in [2.24, 2.45) is 0 Å². The Balaban J connectivity index is 3.88. The molecule has 0 fully saturated rings. The fourth-order valence-corrected chi connectivity index (χ4v) is 2.02. The summed E-state index contributed by atoms with van der Waals surface area (Å²) in [5.74, 6) is 0. The molecule has 0 radical (unpaired) electrons. The standard InChI is InChI=1S/C17H31N/c1-6-9-14-18(16(4)5)15-11-10-13-17(8-3)12-7-2/h8,12H,3-4,6-7,9-11,13-15H2,1-2,5H3/b17-12+. The lowest BCUT2D eigenvalue weighted by Gasteiger charge is -2.24. The van der Waals surface area contributed by atoms with Gasteiger partial charge in [0, 0.05) is 18.8 Å². The lowest BCUT2D eigenvalue weighted by atomic mass is 10.1. The highest BCUT2D eigenvalue weighted by molar-refractivity contribution is 5.15. The predicted octanol–water partition coefficient (Wildman–Crippen LogP) is 5.31. The van der Waals surface area contributed by atoms with Crippen LogP contribution in [0.25, 0.3) is 0 Å². The zero-order chi connectivity index (χ0) is 13.8. The Bertz CT molecular complexity index is 263. The smallest absolute Gasteiger partial charge is 0.0174 e. The van der Waals surface area contributed by atoms with Crippen LogP contribution in [0.1, 0.15) is 59.3 Å². The fourth-order valence-electron chi connectivity index (χ4n) is 2.02. The van der Waals surface area contributed by atoms with E-state index in [1.807, 2.05) is 6.08 Å². The third kappa shape index (κ3) is 8.16. The Morgan fingerprint density at radius 1 is 1.11 bits per heavy atom. The van der Waals surface area contributed by atoms with Crippen molar-refractivity contribution in [3.63, 3.8) is 0 Å². The van der Waals surface area contributed by atoms with E-state index < -0.39 is 0 Å². The van der Waals surface area contributed by atoms with Crippen LogP contribution in [0.3, 0.4) is 0 Å². The average molecular weight is 249 g/mol. The normalized spacial score (nSPS) is 11.4. The SMILES string of the molecule is C=C/C(=C\CC)CCCCN(CCCC)C(=C)C. The van der Waals surface area contributed by atoms with Gasteiger partial charge in [-0.1, -0.05) is 51.2 Å². The predicted molar refractivity (Wildman–Crippen MR) is 83.7 cm³/mol. The van der Waals surface area contributed by atoms with Gasteiger partial charge in [-0.25, -0.2) is 0 Å². The van der Waals surface area contributed by atoms with Gasteiger partial charge in [-0.3, -0.25) is 0 Å². The van der Waals surface area contributed by atoms with Gasteiger partial charge in [0.1, 0.15) is 0 Å². The molecule has 18 heavy (non-hydrogen) atoms. The van der Waals surface area contributed by atoms with E-state index in [9.17, 15) is 0 Å². The number of hydrogen-bond donors (Lipinski definition) is 0. The zero-order valence-electron chi connectivity index (χ0n) is 12.7. The molecule has 0 aromatic heterocycles. The number of allylic oxidation sites excluding steroid dienone is 4. The zero-order valence-corrected chi connectivity index (χ0v) is 12.7. The van der Waals surface area contributed by atoms with Gasteiger partial charge in [0.2, 0.25) is 0 Å². The molecule has 1 heteroatoms. The minimum atomic E-state index is 1.11. The second-order valence-electron chi connectivity index (χ2n) is 4.92. The molecule has 0 aliphatic carbocycles. The van der Waals surface area contributed by atoms with E-state index in [4.69, 9.17) is 0 Å². The molecule has 0 heterocycles. The van der Waals surface area contributed by atoms with E-state index in [1.165, 1.54) is 37.0 Å². The summed E-state index contributed by atoms with van der Waals surface area (Å²) in [6.45, 7) is 16.8. The summed E-state index contributed by atoms with van der Waals surface area (Å²) in [7, 11) is 0. The maximum absolute atomic E-state index is 4.07. The molecule has 0 rings (SSSR count). The van der Waals surface area contributed by atoms with E-state index in [-0.39, 0.29) is 0 Å². The maximum atomic E-state index is 4.07. The monoisotopic (exact) mass is 249 g/mol. The van der Waals surface area contributed by atoms with Crippen molar-refractivity contribution < 1.29 is 0 Å². The number of hydrogen-bond acceptors (Lipinski definition) is 1. The highest BCUT2D eigenvalue weighted by Gasteiger charge is 2.03. The first-order valence-corrected chi connectivity index (χ1v) is 7.37. The molecule has 104 valence electrons. The molecule has 0 aromatic carbocycles. The molecule has 0 saturated heterocycles. The van der Waals surface area contributed by atoms with Crippen molar-refractivity contribution in [2.75, 3.05) is 13.1 Å². The summed E-state index contributed by atoms with van der Waals surface area (Å²) in [6, 6.07) is 0. The Morgan fingerprint density at radius 2 is 1.78 bits per heavy atom. The molecule has 0 N–H and O–H groups in total. The quantitative estimate of drug-likeness (QED) is 0.354.